The fourth-order valence-electron chi connectivity index (χ4n) is 2.67. The van der Waals surface area contributed by atoms with E-state index in [9.17, 15) is 0 Å². The molecule has 1 aliphatic carbocycles. The van der Waals surface area contributed by atoms with E-state index in [1.165, 1.54) is 5.56 Å². The van der Waals surface area contributed by atoms with Crippen molar-refractivity contribution < 1.29 is 0 Å². The molecule has 2 aliphatic rings. The first kappa shape index (κ1) is 11.8. The van der Waals surface area contributed by atoms with E-state index >= 15 is 0 Å². The summed E-state index contributed by atoms with van der Waals surface area (Å²) in [4.78, 5) is 6.64. The van der Waals surface area contributed by atoms with Crippen molar-refractivity contribution in [2.24, 2.45) is 4.99 Å². The Morgan fingerprint density at radius 1 is 1.33 bits per heavy atom. The minimum absolute atomic E-state index is 0.547. The molecular weight excluding hydrogens is 246 g/mol. The quantitative estimate of drug-likeness (QED) is 0.888. The van der Waals surface area contributed by atoms with Crippen molar-refractivity contribution in [2.75, 3.05) is 20.1 Å². The average Bonchev–Trinajstić information content (AvgIpc) is 2.70. The highest BCUT2D eigenvalue weighted by Gasteiger charge is 2.32. The highest BCUT2D eigenvalue weighted by atomic mass is 35.5. The second kappa shape index (κ2) is 4.81. The standard InChI is InChI=1S/C14H18ClN3/c1-18-7-6-16-14(18)17-11-8-10(9-11)12-4-2-3-5-13(12)15/h2-5,10-11H,6-9H2,1H3,(H,16,17). The number of hydrogen-bond donors (Lipinski definition) is 1. The van der Waals surface area contributed by atoms with Gasteiger partial charge in [0.15, 0.2) is 5.96 Å². The fourth-order valence-corrected chi connectivity index (χ4v) is 2.96. The largest absolute Gasteiger partial charge is 0.353 e. The van der Waals surface area contributed by atoms with Crippen LogP contribution in [0.15, 0.2) is 29.3 Å². The number of rotatable bonds is 2. The molecule has 96 valence electrons. The Kier molecular flexibility index (Phi) is 3.16. The van der Waals surface area contributed by atoms with Crippen molar-refractivity contribution in [3.63, 3.8) is 0 Å². The molecule has 1 saturated carbocycles. The van der Waals surface area contributed by atoms with Gasteiger partial charge in [0.1, 0.15) is 0 Å². The predicted molar refractivity (Wildman–Crippen MR) is 75.3 cm³/mol. The SMILES string of the molecule is CN1CCN=C1NC1CC(c2ccccc2Cl)C1. The zero-order valence-corrected chi connectivity index (χ0v) is 11.3. The van der Waals surface area contributed by atoms with Gasteiger partial charge in [-0.05, 0) is 30.4 Å². The molecule has 0 saturated heterocycles. The Morgan fingerprint density at radius 2 is 2.11 bits per heavy atom. The van der Waals surface area contributed by atoms with Crippen LogP contribution in [-0.4, -0.2) is 37.0 Å². The van der Waals surface area contributed by atoms with Crippen molar-refractivity contribution in [3.05, 3.63) is 34.9 Å². The maximum atomic E-state index is 6.22. The topological polar surface area (TPSA) is 27.6 Å². The molecule has 0 aromatic heterocycles. The minimum atomic E-state index is 0.547. The summed E-state index contributed by atoms with van der Waals surface area (Å²) in [6.07, 6.45) is 2.30. The number of nitrogens with zero attached hydrogens (tertiary/aromatic N) is 2. The van der Waals surface area contributed by atoms with Crippen LogP contribution in [0.4, 0.5) is 0 Å². The molecule has 3 nitrogen and oxygen atoms in total. The third kappa shape index (κ3) is 2.19. The molecule has 0 radical (unpaired) electrons. The molecule has 0 bridgehead atoms. The lowest BCUT2D eigenvalue weighted by molar-refractivity contribution is 0.316. The van der Waals surface area contributed by atoms with E-state index in [2.05, 4.69) is 34.4 Å². The van der Waals surface area contributed by atoms with Gasteiger partial charge in [-0.25, -0.2) is 0 Å². The second-order valence-corrected chi connectivity index (χ2v) is 5.57. The first-order valence-corrected chi connectivity index (χ1v) is 6.88. The molecule has 0 amide bonds. The van der Waals surface area contributed by atoms with E-state index in [-0.39, 0.29) is 0 Å². The smallest absolute Gasteiger partial charge is 0.194 e. The Morgan fingerprint density at radius 3 is 2.78 bits per heavy atom. The van der Waals surface area contributed by atoms with Gasteiger partial charge in [0.25, 0.3) is 0 Å². The molecular formula is C14H18ClN3. The fraction of sp³-hybridized carbons (Fsp3) is 0.500. The molecule has 4 heteroatoms. The number of benzene rings is 1. The highest BCUT2D eigenvalue weighted by Crippen LogP contribution is 2.39. The summed E-state index contributed by atoms with van der Waals surface area (Å²) in [5, 5.41) is 4.42. The molecule has 1 aliphatic heterocycles. The van der Waals surface area contributed by atoms with Crippen LogP contribution in [0.3, 0.4) is 0 Å². The van der Waals surface area contributed by atoms with E-state index in [1.54, 1.807) is 0 Å². The molecule has 1 aromatic rings. The summed E-state index contributed by atoms with van der Waals surface area (Å²) in [5.74, 6) is 1.65. The Bertz CT molecular complexity index is 466. The lowest BCUT2D eigenvalue weighted by Gasteiger charge is -2.37. The van der Waals surface area contributed by atoms with Crippen LogP contribution >= 0.6 is 11.6 Å². The van der Waals surface area contributed by atoms with Gasteiger partial charge in [-0.3, -0.25) is 4.99 Å². The Labute approximate surface area is 113 Å². The van der Waals surface area contributed by atoms with Crippen molar-refractivity contribution in [3.8, 4) is 0 Å². The van der Waals surface area contributed by atoms with Crippen molar-refractivity contribution in [1.29, 1.82) is 0 Å². The maximum absolute atomic E-state index is 6.22. The average molecular weight is 264 g/mol. The van der Waals surface area contributed by atoms with Crippen LogP contribution in [0.2, 0.25) is 5.02 Å². The van der Waals surface area contributed by atoms with E-state index in [0.717, 1.165) is 36.9 Å². The van der Waals surface area contributed by atoms with Crippen LogP contribution in [0.25, 0.3) is 0 Å². The number of aliphatic imine (C=N–C) groups is 1. The molecule has 0 atom stereocenters. The molecule has 0 unspecified atom stereocenters. The lowest BCUT2D eigenvalue weighted by atomic mass is 9.76. The van der Waals surface area contributed by atoms with Crippen LogP contribution in [0.5, 0.6) is 0 Å². The first-order chi connectivity index (χ1) is 8.74. The van der Waals surface area contributed by atoms with Crippen LogP contribution < -0.4 is 5.32 Å². The summed E-state index contributed by atoms with van der Waals surface area (Å²) < 4.78 is 0. The van der Waals surface area contributed by atoms with Gasteiger partial charge in [0, 0.05) is 24.7 Å². The van der Waals surface area contributed by atoms with Gasteiger partial charge in [-0.15, -0.1) is 0 Å². The van der Waals surface area contributed by atoms with E-state index < -0.39 is 0 Å². The third-order valence-corrected chi connectivity index (χ3v) is 4.22. The zero-order chi connectivity index (χ0) is 12.5. The predicted octanol–water partition coefficient (Wildman–Crippen LogP) is 2.48. The Balaban J connectivity index is 1.56. The van der Waals surface area contributed by atoms with Crippen molar-refractivity contribution in [1.82, 2.24) is 10.2 Å². The maximum Gasteiger partial charge on any atom is 0.194 e. The van der Waals surface area contributed by atoms with E-state index in [4.69, 9.17) is 11.6 Å². The lowest BCUT2D eigenvalue weighted by Crippen LogP contribution is -2.47. The third-order valence-electron chi connectivity index (χ3n) is 3.87. The van der Waals surface area contributed by atoms with E-state index in [1.807, 2.05) is 12.1 Å². The molecule has 3 rings (SSSR count). The van der Waals surface area contributed by atoms with Gasteiger partial charge in [0.05, 0.1) is 6.54 Å². The summed E-state index contributed by atoms with van der Waals surface area (Å²) in [6.45, 7) is 1.95. The first-order valence-electron chi connectivity index (χ1n) is 6.50. The number of halogens is 1. The monoisotopic (exact) mass is 263 g/mol. The zero-order valence-electron chi connectivity index (χ0n) is 10.6. The minimum Gasteiger partial charge on any atom is -0.353 e. The van der Waals surface area contributed by atoms with Gasteiger partial charge in [-0.1, -0.05) is 29.8 Å². The normalized spacial score (nSPS) is 26.8. The molecule has 1 fully saturated rings. The van der Waals surface area contributed by atoms with Gasteiger partial charge in [0.2, 0.25) is 0 Å². The summed E-state index contributed by atoms with van der Waals surface area (Å²) in [5.41, 5.74) is 1.29. The van der Waals surface area contributed by atoms with Crippen molar-refractivity contribution in [2.45, 2.75) is 24.8 Å². The van der Waals surface area contributed by atoms with Gasteiger partial charge < -0.3 is 10.2 Å². The molecule has 18 heavy (non-hydrogen) atoms. The summed E-state index contributed by atoms with van der Waals surface area (Å²) >= 11 is 6.22. The molecule has 0 spiro atoms. The number of likely N-dealkylation sites (N-methyl/N-ethyl adjacent to an activating group) is 1. The van der Waals surface area contributed by atoms with Crippen molar-refractivity contribution >= 4 is 17.6 Å². The summed E-state index contributed by atoms with van der Waals surface area (Å²) in [7, 11) is 2.09. The van der Waals surface area contributed by atoms with Crippen LogP contribution in [0.1, 0.15) is 24.3 Å². The van der Waals surface area contributed by atoms with Crippen LogP contribution in [-0.2, 0) is 0 Å². The number of nitrogens with one attached hydrogen (secondary N) is 1. The van der Waals surface area contributed by atoms with Gasteiger partial charge in [-0.2, -0.15) is 0 Å². The molecule has 1 heterocycles. The Hall–Kier alpha value is -1.22. The highest BCUT2D eigenvalue weighted by molar-refractivity contribution is 6.31. The number of hydrogen-bond acceptors (Lipinski definition) is 3. The molecule has 1 aromatic carbocycles. The number of guanidine groups is 1. The second-order valence-electron chi connectivity index (χ2n) is 5.16. The van der Waals surface area contributed by atoms with E-state index in [0.29, 0.717) is 12.0 Å². The molecule has 1 N–H and O–H groups in total. The van der Waals surface area contributed by atoms with Gasteiger partial charge >= 0.3 is 0 Å². The van der Waals surface area contributed by atoms with Crippen LogP contribution in [0, 0.1) is 0 Å². The summed E-state index contributed by atoms with van der Waals surface area (Å²) in [6, 6.07) is 8.72.